The zero-order valence-electron chi connectivity index (χ0n) is 34.3. The van der Waals surface area contributed by atoms with Gasteiger partial charge in [0.05, 0.1) is 50.2 Å². The van der Waals surface area contributed by atoms with Crippen molar-refractivity contribution in [2.75, 3.05) is 4.90 Å². The van der Waals surface area contributed by atoms with E-state index in [1.807, 2.05) is 36.4 Å². The van der Waals surface area contributed by atoms with E-state index in [1.165, 1.54) is 38.1 Å². The first-order valence-corrected chi connectivity index (χ1v) is 21.6. The molecule has 7 nitrogen and oxygen atoms in total. The van der Waals surface area contributed by atoms with Crippen molar-refractivity contribution in [3.63, 3.8) is 0 Å². The van der Waals surface area contributed by atoms with Crippen molar-refractivity contribution >= 4 is 82.5 Å². The Morgan fingerprint density at radius 3 is 1.48 bits per heavy atom. The molecular weight excluding hydrogens is 783 g/mol. The Balaban J connectivity index is 1.07. The van der Waals surface area contributed by atoms with Crippen LogP contribution in [-0.2, 0) is 0 Å². The lowest BCUT2D eigenvalue weighted by Crippen LogP contribution is -2.18. The fourth-order valence-corrected chi connectivity index (χ4v) is 10.3. The third-order valence-electron chi connectivity index (χ3n) is 13.0. The summed E-state index contributed by atoms with van der Waals surface area (Å²) in [5, 5.41) is 7.09. The van der Waals surface area contributed by atoms with Gasteiger partial charge in [-0.2, -0.15) is 9.97 Å². The molecule has 1 aliphatic heterocycles. The molecule has 4 aromatic heterocycles. The van der Waals surface area contributed by atoms with Crippen LogP contribution in [0.3, 0.4) is 0 Å². The Morgan fingerprint density at radius 1 is 0.297 bits per heavy atom. The lowest BCUT2D eigenvalue weighted by atomic mass is 10.0. The number of anilines is 3. The molecule has 0 unspecified atom stereocenters. The van der Waals surface area contributed by atoms with E-state index in [9.17, 15) is 0 Å². The molecule has 0 bridgehead atoms. The van der Waals surface area contributed by atoms with Gasteiger partial charge in [-0.3, -0.25) is 4.57 Å². The maximum atomic E-state index is 5.19. The number of hydrogen-bond donors (Lipinski definition) is 0. The zero-order chi connectivity index (χ0) is 41.9. The predicted molar refractivity (Wildman–Crippen MR) is 262 cm³/mol. The number of nitrogens with zero attached hydrogens (tertiary/aromatic N) is 7. The molecule has 0 saturated heterocycles. The number of para-hydroxylation sites is 6. The van der Waals surface area contributed by atoms with E-state index in [0.717, 1.165) is 66.9 Å². The van der Waals surface area contributed by atoms with Crippen molar-refractivity contribution in [2.24, 2.45) is 0 Å². The van der Waals surface area contributed by atoms with Crippen LogP contribution < -0.4 is 4.90 Å². The number of rotatable bonds is 5. The minimum absolute atomic E-state index is 0.572. The highest BCUT2D eigenvalue weighted by Crippen LogP contribution is 2.53. The van der Waals surface area contributed by atoms with Gasteiger partial charge in [-0.25, -0.2) is 4.98 Å². The first-order chi connectivity index (χ1) is 31.8. The van der Waals surface area contributed by atoms with Gasteiger partial charge >= 0.3 is 0 Å². The van der Waals surface area contributed by atoms with Gasteiger partial charge in [0.15, 0.2) is 11.6 Å². The van der Waals surface area contributed by atoms with Crippen molar-refractivity contribution < 1.29 is 0 Å². The van der Waals surface area contributed by atoms with E-state index in [4.69, 9.17) is 15.0 Å². The highest BCUT2D eigenvalue weighted by Gasteiger charge is 2.32. The van der Waals surface area contributed by atoms with Crippen LogP contribution in [0.15, 0.2) is 212 Å². The Morgan fingerprint density at radius 2 is 0.812 bits per heavy atom. The average Bonchev–Trinajstić information content (AvgIpc) is 4.01. The van der Waals surface area contributed by atoms with Crippen LogP contribution in [0.4, 0.5) is 17.1 Å². The molecule has 0 fully saturated rings. The second-order valence-electron chi connectivity index (χ2n) is 16.4. The molecule has 5 heterocycles. The van der Waals surface area contributed by atoms with Crippen LogP contribution in [-0.4, -0.2) is 28.7 Å². The molecule has 14 rings (SSSR count). The summed E-state index contributed by atoms with van der Waals surface area (Å²) in [6, 6.07) is 75.5. The molecule has 1 aliphatic rings. The monoisotopic (exact) mass is 817 g/mol. The van der Waals surface area contributed by atoms with Crippen molar-refractivity contribution in [1.82, 2.24) is 28.7 Å². The van der Waals surface area contributed by atoms with Gasteiger partial charge in [-0.05, 0) is 66.7 Å². The molecule has 298 valence electrons. The molecule has 64 heavy (non-hydrogen) atoms. The van der Waals surface area contributed by atoms with Gasteiger partial charge in [0.25, 0.3) is 0 Å². The molecule has 7 heteroatoms. The third-order valence-corrected chi connectivity index (χ3v) is 13.0. The van der Waals surface area contributed by atoms with Crippen LogP contribution in [0.5, 0.6) is 0 Å². The Hall–Kier alpha value is -8.81. The maximum Gasteiger partial charge on any atom is 0.238 e. The topological polar surface area (TPSA) is 56.7 Å². The Labute approximate surface area is 367 Å². The fraction of sp³-hybridized carbons (Fsp3) is 0. The Bertz CT molecular complexity index is 3960. The Kier molecular flexibility index (Phi) is 7.27. The predicted octanol–water partition coefficient (Wildman–Crippen LogP) is 14.3. The summed E-state index contributed by atoms with van der Waals surface area (Å²) in [5.74, 6) is 1.83. The molecular formula is C57H35N7. The zero-order valence-corrected chi connectivity index (χ0v) is 34.3. The summed E-state index contributed by atoms with van der Waals surface area (Å²) in [5.41, 5.74) is 14.3. The van der Waals surface area contributed by atoms with Gasteiger partial charge in [0, 0.05) is 54.8 Å². The van der Waals surface area contributed by atoms with Crippen LogP contribution in [0.2, 0.25) is 0 Å². The highest BCUT2D eigenvalue weighted by atomic mass is 15.2. The maximum absolute atomic E-state index is 5.19. The van der Waals surface area contributed by atoms with E-state index in [2.05, 4.69) is 195 Å². The number of hydrogen-bond acceptors (Lipinski definition) is 4. The molecule has 0 amide bonds. The second-order valence-corrected chi connectivity index (χ2v) is 16.4. The van der Waals surface area contributed by atoms with Crippen molar-refractivity contribution in [3.05, 3.63) is 212 Å². The van der Waals surface area contributed by atoms with E-state index in [0.29, 0.717) is 17.6 Å². The molecule has 0 atom stereocenters. The van der Waals surface area contributed by atoms with E-state index in [-0.39, 0.29) is 0 Å². The minimum Gasteiger partial charge on any atom is -0.309 e. The van der Waals surface area contributed by atoms with Gasteiger partial charge in [-0.15, -0.1) is 0 Å². The molecule has 0 N–H and O–H groups in total. The summed E-state index contributed by atoms with van der Waals surface area (Å²) in [4.78, 5) is 17.8. The lowest BCUT2D eigenvalue weighted by Gasteiger charge is -2.33. The standard InChI is InChI=1S/C57H35N7/c1-4-18-36(19-5-1)55-58-56(37-20-6-2-7-21-37)60-57(59-55)64-46-28-14-10-24-40(46)43-34-39(32-33-48(43)64)62-45-27-13-11-25-41(45)44-35-51-54-52(53(44)62)42-26-12-15-29-47(42)63(54)50-31-17-16-30-49(50)61(51)38-22-8-3-9-23-38/h1-35H. The highest BCUT2D eigenvalue weighted by molar-refractivity contribution is 6.30. The number of benzene rings is 9. The van der Waals surface area contributed by atoms with Crippen molar-refractivity contribution in [1.29, 1.82) is 0 Å². The van der Waals surface area contributed by atoms with Crippen molar-refractivity contribution in [3.8, 4) is 40.1 Å². The van der Waals surface area contributed by atoms with Crippen LogP contribution in [0.25, 0.3) is 106 Å². The van der Waals surface area contributed by atoms with E-state index < -0.39 is 0 Å². The summed E-state index contributed by atoms with van der Waals surface area (Å²) >= 11 is 0. The SMILES string of the molecule is c1ccc(-c2nc(-c3ccccc3)nc(-n3c4ccccc4c4cc(-n5c6ccccc6c6cc7c8c(c9ccccc9n8-c8ccccc8N7c7ccccc7)c65)ccc43)n2)cc1. The largest absolute Gasteiger partial charge is 0.309 e. The van der Waals surface area contributed by atoms with Gasteiger partial charge in [0.2, 0.25) is 5.95 Å². The normalized spacial score (nSPS) is 12.3. The molecule has 0 spiro atoms. The fourth-order valence-electron chi connectivity index (χ4n) is 10.3. The molecule has 0 radical (unpaired) electrons. The van der Waals surface area contributed by atoms with E-state index >= 15 is 0 Å². The second kappa shape index (κ2) is 13.3. The minimum atomic E-state index is 0.572. The van der Waals surface area contributed by atoms with Crippen molar-refractivity contribution in [2.45, 2.75) is 0 Å². The van der Waals surface area contributed by atoms with Crippen LogP contribution in [0.1, 0.15) is 0 Å². The quantitative estimate of drug-likeness (QED) is 0.174. The average molecular weight is 818 g/mol. The van der Waals surface area contributed by atoms with Gasteiger partial charge < -0.3 is 14.0 Å². The lowest BCUT2D eigenvalue weighted by molar-refractivity contribution is 0.953. The summed E-state index contributed by atoms with van der Waals surface area (Å²) in [6.07, 6.45) is 0. The molecule has 9 aromatic carbocycles. The van der Waals surface area contributed by atoms with E-state index in [1.54, 1.807) is 0 Å². The summed E-state index contributed by atoms with van der Waals surface area (Å²) in [7, 11) is 0. The first-order valence-electron chi connectivity index (χ1n) is 21.6. The summed E-state index contributed by atoms with van der Waals surface area (Å²) < 4.78 is 7.17. The molecule has 13 aromatic rings. The van der Waals surface area contributed by atoms with Gasteiger partial charge in [0.1, 0.15) is 0 Å². The smallest absolute Gasteiger partial charge is 0.238 e. The molecule has 0 saturated carbocycles. The van der Waals surface area contributed by atoms with Gasteiger partial charge in [-0.1, -0.05) is 146 Å². The summed E-state index contributed by atoms with van der Waals surface area (Å²) in [6.45, 7) is 0. The number of aromatic nitrogens is 6. The molecule has 0 aliphatic carbocycles. The van der Waals surface area contributed by atoms with Crippen LogP contribution >= 0.6 is 0 Å². The number of fused-ring (bicyclic) bond motifs is 12. The third kappa shape index (κ3) is 4.89. The first kappa shape index (κ1) is 34.9. The van der Waals surface area contributed by atoms with Crippen LogP contribution in [0, 0.1) is 0 Å².